The second-order valence-electron chi connectivity index (χ2n) is 4.06. The Balaban J connectivity index is 2.04. The normalized spacial score (nSPS) is 22.2. The quantitative estimate of drug-likeness (QED) is 0.867. The van der Waals surface area contributed by atoms with E-state index in [9.17, 15) is 0 Å². The number of nitrogens with zero attached hydrogens (tertiary/aromatic N) is 1. The van der Waals surface area contributed by atoms with E-state index in [4.69, 9.17) is 28.9 Å². The average Bonchev–Trinajstić information content (AvgIpc) is 2.49. The van der Waals surface area contributed by atoms with Crippen LogP contribution in [0.1, 0.15) is 12.0 Å². The highest BCUT2D eigenvalue weighted by Gasteiger charge is 2.18. The molecule has 1 saturated heterocycles. The molecule has 4 heteroatoms. The fourth-order valence-electron chi connectivity index (χ4n) is 1.97. The largest absolute Gasteiger partial charge is 0.326 e. The molecule has 2 rings (SSSR count). The van der Waals surface area contributed by atoms with E-state index in [1.165, 1.54) is 0 Å². The summed E-state index contributed by atoms with van der Waals surface area (Å²) in [5, 5.41) is 1.39. The number of benzene rings is 1. The van der Waals surface area contributed by atoms with Crippen LogP contribution < -0.4 is 5.73 Å². The van der Waals surface area contributed by atoms with Gasteiger partial charge in [0.05, 0.1) is 0 Å². The van der Waals surface area contributed by atoms with E-state index in [1.807, 2.05) is 12.1 Å². The highest BCUT2D eigenvalue weighted by Crippen LogP contribution is 2.21. The van der Waals surface area contributed by atoms with Gasteiger partial charge in [0.15, 0.2) is 0 Å². The number of hydrogen-bond acceptors (Lipinski definition) is 2. The highest BCUT2D eigenvalue weighted by molar-refractivity contribution is 6.34. The van der Waals surface area contributed by atoms with Crippen LogP contribution in [-0.4, -0.2) is 24.0 Å². The van der Waals surface area contributed by atoms with Crippen molar-refractivity contribution in [3.05, 3.63) is 33.8 Å². The van der Waals surface area contributed by atoms with E-state index in [0.717, 1.165) is 31.6 Å². The average molecular weight is 245 g/mol. The summed E-state index contributed by atoms with van der Waals surface area (Å²) in [5.74, 6) is 0. The number of halogens is 2. The standard InChI is InChI=1S/C11H14Cl2N2/c12-9-3-8(4-10(13)5-9)6-15-2-1-11(14)7-15/h3-5,11H,1-2,6-7,14H2/t11-/m0/s1. The molecule has 1 aromatic carbocycles. The Bertz CT molecular complexity index is 334. The van der Waals surface area contributed by atoms with Crippen LogP contribution in [-0.2, 0) is 6.54 Å². The summed E-state index contributed by atoms with van der Waals surface area (Å²) in [6.07, 6.45) is 1.08. The van der Waals surface area contributed by atoms with Gasteiger partial charge in [-0.1, -0.05) is 23.2 Å². The van der Waals surface area contributed by atoms with E-state index < -0.39 is 0 Å². The van der Waals surface area contributed by atoms with E-state index in [-0.39, 0.29) is 0 Å². The molecule has 1 heterocycles. The third kappa shape index (κ3) is 3.08. The smallest absolute Gasteiger partial charge is 0.0424 e. The number of nitrogens with two attached hydrogens (primary N) is 1. The van der Waals surface area contributed by atoms with Crippen molar-refractivity contribution < 1.29 is 0 Å². The minimum Gasteiger partial charge on any atom is -0.326 e. The molecule has 0 amide bonds. The van der Waals surface area contributed by atoms with Gasteiger partial charge in [-0.05, 0) is 30.2 Å². The maximum absolute atomic E-state index is 5.94. The lowest BCUT2D eigenvalue weighted by molar-refractivity contribution is 0.327. The second kappa shape index (κ2) is 4.71. The zero-order valence-electron chi connectivity index (χ0n) is 8.42. The summed E-state index contributed by atoms with van der Waals surface area (Å²) in [6, 6.07) is 5.98. The molecule has 15 heavy (non-hydrogen) atoms. The van der Waals surface area contributed by atoms with Gasteiger partial charge in [-0.2, -0.15) is 0 Å². The summed E-state index contributed by atoms with van der Waals surface area (Å²) in [7, 11) is 0. The number of hydrogen-bond donors (Lipinski definition) is 1. The van der Waals surface area contributed by atoms with Gasteiger partial charge in [0.1, 0.15) is 0 Å². The van der Waals surface area contributed by atoms with E-state index in [0.29, 0.717) is 16.1 Å². The van der Waals surface area contributed by atoms with Crippen molar-refractivity contribution in [2.45, 2.75) is 19.0 Å². The molecule has 0 spiro atoms. The Hall–Kier alpha value is -0.280. The van der Waals surface area contributed by atoms with E-state index >= 15 is 0 Å². The Morgan fingerprint density at radius 1 is 1.27 bits per heavy atom. The molecule has 1 aliphatic rings. The molecule has 1 atom stereocenters. The van der Waals surface area contributed by atoms with Gasteiger partial charge in [-0.15, -0.1) is 0 Å². The SMILES string of the molecule is N[C@H]1CCN(Cc2cc(Cl)cc(Cl)c2)C1. The minimum atomic E-state index is 0.319. The van der Waals surface area contributed by atoms with Gasteiger partial charge >= 0.3 is 0 Å². The van der Waals surface area contributed by atoms with E-state index in [1.54, 1.807) is 6.07 Å². The molecule has 0 bridgehead atoms. The predicted octanol–water partition coefficient (Wildman–Crippen LogP) is 2.53. The molecule has 2 nitrogen and oxygen atoms in total. The second-order valence-corrected chi connectivity index (χ2v) is 4.93. The predicted molar refractivity (Wildman–Crippen MR) is 64.3 cm³/mol. The lowest BCUT2D eigenvalue weighted by Crippen LogP contribution is -2.26. The number of rotatable bonds is 2. The van der Waals surface area contributed by atoms with Crippen molar-refractivity contribution in [1.82, 2.24) is 4.90 Å². The lowest BCUT2D eigenvalue weighted by atomic mass is 10.2. The molecular formula is C11H14Cl2N2. The molecule has 1 aliphatic heterocycles. The molecule has 1 fully saturated rings. The molecule has 0 saturated carbocycles. The Morgan fingerprint density at radius 3 is 2.47 bits per heavy atom. The first-order valence-corrected chi connectivity index (χ1v) is 5.82. The summed E-state index contributed by atoms with van der Waals surface area (Å²) < 4.78 is 0. The maximum Gasteiger partial charge on any atom is 0.0424 e. The molecule has 0 aliphatic carbocycles. The molecule has 2 N–H and O–H groups in total. The van der Waals surface area contributed by atoms with Crippen LogP contribution >= 0.6 is 23.2 Å². The van der Waals surface area contributed by atoms with Crippen molar-refractivity contribution in [3.63, 3.8) is 0 Å². The Kier molecular flexibility index (Phi) is 3.52. The third-order valence-corrected chi connectivity index (χ3v) is 3.07. The van der Waals surface area contributed by atoms with Crippen LogP contribution in [0.3, 0.4) is 0 Å². The van der Waals surface area contributed by atoms with Gasteiger partial charge in [-0.25, -0.2) is 0 Å². The molecule has 82 valence electrons. The fourth-order valence-corrected chi connectivity index (χ4v) is 2.54. The monoisotopic (exact) mass is 244 g/mol. The van der Waals surface area contributed by atoms with Crippen LogP contribution in [0.15, 0.2) is 18.2 Å². The van der Waals surface area contributed by atoms with Crippen LogP contribution in [0.5, 0.6) is 0 Å². The Morgan fingerprint density at radius 2 is 1.93 bits per heavy atom. The van der Waals surface area contributed by atoms with Gasteiger partial charge in [0.2, 0.25) is 0 Å². The first-order chi connectivity index (χ1) is 7.13. The van der Waals surface area contributed by atoms with Crippen molar-refractivity contribution in [2.75, 3.05) is 13.1 Å². The molecule has 1 aromatic rings. The van der Waals surface area contributed by atoms with Gasteiger partial charge in [0, 0.05) is 35.7 Å². The zero-order valence-corrected chi connectivity index (χ0v) is 9.93. The molecular weight excluding hydrogens is 231 g/mol. The van der Waals surface area contributed by atoms with E-state index in [2.05, 4.69) is 4.90 Å². The summed E-state index contributed by atoms with van der Waals surface area (Å²) in [5.41, 5.74) is 7.00. The lowest BCUT2D eigenvalue weighted by Gasteiger charge is -2.15. The minimum absolute atomic E-state index is 0.319. The first-order valence-electron chi connectivity index (χ1n) is 5.06. The van der Waals surface area contributed by atoms with Gasteiger partial charge < -0.3 is 5.73 Å². The molecule has 0 aromatic heterocycles. The number of likely N-dealkylation sites (tertiary alicyclic amines) is 1. The fraction of sp³-hybridized carbons (Fsp3) is 0.455. The van der Waals surface area contributed by atoms with Crippen molar-refractivity contribution in [1.29, 1.82) is 0 Å². The van der Waals surface area contributed by atoms with Crippen LogP contribution in [0, 0.1) is 0 Å². The maximum atomic E-state index is 5.94. The highest BCUT2D eigenvalue weighted by atomic mass is 35.5. The van der Waals surface area contributed by atoms with Gasteiger partial charge in [-0.3, -0.25) is 4.90 Å². The molecule has 0 radical (unpaired) electrons. The van der Waals surface area contributed by atoms with Crippen molar-refractivity contribution >= 4 is 23.2 Å². The molecule has 0 unspecified atom stereocenters. The summed E-state index contributed by atoms with van der Waals surface area (Å²) in [6.45, 7) is 2.91. The topological polar surface area (TPSA) is 29.3 Å². The van der Waals surface area contributed by atoms with Crippen molar-refractivity contribution in [3.8, 4) is 0 Å². The summed E-state index contributed by atoms with van der Waals surface area (Å²) in [4.78, 5) is 2.33. The van der Waals surface area contributed by atoms with Crippen LogP contribution in [0.25, 0.3) is 0 Å². The van der Waals surface area contributed by atoms with Crippen LogP contribution in [0.4, 0.5) is 0 Å². The zero-order chi connectivity index (χ0) is 10.8. The van der Waals surface area contributed by atoms with Crippen LogP contribution in [0.2, 0.25) is 10.0 Å². The Labute approximate surface area is 100.0 Å². The third-order valence-electron chi connectivity index (χ3n) is 2.64. The first kappa shape index (κ1) is 11.2. The summed E-state index contributed by atoms with van der Waals surface area (Å²) >= 11 is 11.9. The van der Waals surface area contributed by atoms with Gasteiger partial charge in [0.25, 0.3) is 0 Å². The van der Waals surface area contributed by atoms with Crippen molar-refractivity contribution in [2.24, 2.45) is 5.73 Å².